The number of nitrogens with zero attached hydrogens (tertiary/aromatic N) is 1. The van der Waals surface area contributed by atoms with Crippen LogP contribution in [0.2, 0.25) is 0 Å². The summed E-state index contributed by atoms with van der Waals surface area (Å²) in [4.78, 5) is 4.35. The molecule has 0 saturated carbocycles. The molecular formula is C16H28N2. The molecule has 0 aromatic carbocycles. The largest absolute Gasteiger partial charge is 0.323 e. The molecule has 0 radical (unpaired) electrons. The monoisotopic (exact) mass is 248 g/mol. The lowest BCUT2D eigenvalue weighted by molar-refractivity contribution is 0.535. The molecule has 0 saturated heterocycles. The zero-order valence-corrected chi connectivity index (χ0v) is 12.0. The molecule has 2 N–H and O–H groups in total. The first-order chi connectivity index (χ1) is 8.74. The highest BCUT2D eigenvalue weighted by Gasteiger charge is 2.06. The van der Waals surface area contributed by atoms with Crippen molar-refractivity contribution < 1.29 is 0 Å². The third-order valence-electron chi connectivity index (χ3n) is 3.44. The number of hydrogen-bond acceptors (Lipinski definition) is 2. The third kappa shape index (κ3) is 6.15. The van der Waals surface area contributed by atoms with Gasteiger partial charge in [0.1, 0.15) is 0 Å². The lowest BCUT2D eigenvalue weighted by Crippen LogP contribution is -2.12. The molecule has 0 amide bonds. The number of rotatable bonds is 9. The van der Waals surface area contributed by atoms with Crippen LogP contribution in [-0.2, 0) is 0 Å². The summed E-state index contributed by atoms with van der Waals surface area (Å²) in [5.41, 5.74) is 8.45. The van der Waals surface area contributed by atoms with E-state index in [-0.39, 0.29) is 6.04 Å². The fourth-order valence-electron chi connectivity index (χ4n) is 2.23. The molecular weight excluding hydrogens is 220 g/mol. The molecule has 102 valence electrons. The van der Waals surface area contributed by atoms with Crippen molar-refractivity contribution in [1.29, 1.82) is 0 Å². The Bertz CT molecular complexity index is 323. The minimum atomic E-state index is 0.112. The van der Waals surface area contributed by atoms with Crippen molar-refractivity contribution in [3.8, 4) is 0 Å². The van der Waals surface area contributed by atoms with Gasteiger partial charge in [-0.3, -0.25) is 4.98 Å². The van der Waals surface area contributed by atoms with Crippen molar-refractivity contribution in [2.24, 2.45) is 5.73 Å². The SMILES string of the molecule is CCCCCCCCCC(N)c1cc(C)ccn1. The van der Waals surface area contributed by atoms with Crippen LogP contribution in [0.3, 0.4) is 0 Å². The Hall–Kier alpha value is -0.890. The molecule has 0 aliphatic carbocycles. The Kier molecular flexibility index (Phi) is 7.66. The van der Waals surface area contributed by atoms with E-state index in [9.17, 15) is 0 Å². The molecule has 1 rings (SSSR count). The lowest BCUT2D eigenvalue weighted by Gasteiger charge is -2.11. The Morgan fingerprint density at radius 3 is 2.44 bits per heavy atom. The molecule has 0 aliphatic rings. The number of nitrogens with two attached hydrogens (primary N) is 1. The summed E-state index contributed by atoms with van der Waals surface area (Å²) in [6, 6.07) is 4.23. The zero-order chi connectivity index (χ0) is 13.2. The Morgan fingerprint density at radius 1 is 1.11 bits per heavy atom. The van der Waals surface area contributed by atoms with E-state index in [1.807, 2.05) is 12.3 Å². The van der Waals surface area contributed by atoms with Gasteiger partial charge in [-0.1, -0.05) is 51.9 Å². The van der Waals surface area contributed by atoms with Crippen molar-refractivity contribution in [2.75, 3.05) is 0 Å². The summed E-state index contributed by atoms with van der Waals surface area (Å²) in [5, 5.41) is 0. The highest BCUT2D eigenvalue weighted by molar-refractivity contribution is 5.16. The number of aromatic nitrogens is 1. The van der Waals surface area contributed by atoms with E-state index in [2.05, 4.69) is 24.9 Å². The van der Waals surface area contributed by atoms with Gasteiger partial charge >= 0.3 is 0 Å². The molecule has 1 atom stereocenters. The van der Waals surface area contributed by atoms with Gasteiger partial charge in [0, 0.05) is 12.2 Å². The van der Waals surface area contributed by atoms with E-state index in [0.717, 1.165) is 12.1 Å². The molecule has 2 nitrogen and oxygen atoms in total. The van der Waals surface area contributed by atoms with E-state index < -0.39 is 0 Å². The predicted molar refractivity (Wildman–Crippen MR) is 78.5 cm³/mol. The quantitative estimate of drug-likeness (QED) is 0.652. The van der Waals surface area contributed by atoms with Crippen molar-refractivity contribution in [3.05, 3.63) is 29.6 Å². The second-order valence-corrected chi connectivity index (χ2v) is 5.27. The smallest absolute Gasteiger partial charge is 0.0573 e. The number of unbranched alkanes of at least 4 members (excludes halogenated alkanes) is 6. The second-order valence-electron chi connectivity index (χ2n) is 5.27. The maximum atomic E-state index is 6.16. The molecule has 1 aromatic rings. The van der Waals surface area contributed by atoms with E-state index in [1.165, 1.54) is 50.5 Å². The highest BCUT2D eigenvalue weighted by atomic mass is 14.8. The molecule has 0 spiro atoms. The minimum absolute atomic E-state index is 0.112. The first kappa shape index (κ1) is 15.2. The van der Waals surface area contributed by atoms with E-state index in [1.54, 1.807) is 0 Å². The summed E-state index contributed by atoms with van der Waals surface area (Å²) in [6.45, 7) is 4.35. The van der Waals surface area contributed by atoms with Crippen molar-refractivity contribution in [3.63, 3.8) is 0 Å². The summed E-state index contributed by atoms with van der Waals surface area (Å²) < 4.78 is 0. The molecule has 1 unspecified atom stereocenters. The van der Waals surface area contributed by atoms with Crippen LogP contribution in [0, 0.1) is 6.92 Å². The second kappa shape index (κ2) is 9.09. The van der Waals surface area contributed by atoms with Crippen LogP contribution in [0.1, 0.15) is 75.6 Å². The van der Waals surface area contributed by atoms with Crippen molar-refractivity contribution >= 4 is 0 Å². The zero-order valence-electron chi connectivity index (χ0n) is 12.0. The normalized spacial score (nSPS) is 12.6. The van der Waals surface area contributed by atoms with Gasteiger partial charge in [-0.05, 0) is 31.0 Å². The summed E-state index contributed by atoms with van der Waals surface area (Å²) >= 11 is 0. The van der Waals surface area contributed by atoms with Crippen LogP contribution in [0.4, 0.5) is 0 Å². The van der Waals surface area contributed by atoms with Gasteiger partial charge < -0.3 is 5.73 Å². The maximum absolute atomic E-state index is 6.16. The van der Waals surface area contributed by atoms with Gasteiger partial charge in [-0.25, -0.2) is 0 Å². The van der Waals surface area contributed by atoms with Crippen LogP contribution in [0.25, 0.3) is 0 Å². The van der Waals surface area contributed by atoms with E-state index >= 15 is 0 Å². The summed E-state index contributed by atoms with van der Waals surface area (Å²) in [6.07, 6.45) is 12.3. The van der Waals surface area contributed by atoms with E-state index in [4.69, 9.17) is 5.73 Å². The summed E-state index contributed by atoms with van der Waals surface area (Å²) in [7, 11) is 0. The van der Waals surface area contributed by atoms with Gasteiger partial charge in [-0.2, -0.15) is 0 Å². The fourth-order valence-corrected chi connectivity index (χ4v) is 2.23. The minimum Gasteiger partial charge on any atom is -0.323 e. The topological polar surface area (TPSA) is 38.9 Å². The number of hydrogen-bond donors (Lipinski definition) is 1. The molecule has 0 aliphatic heterocycles. The first-order valence-corrected chi connectivity index (χ1v) is 7.42. The van der Waals surface area contributed by atoms with Gasteiger partial charge in [0.15, 0.2) is 0 Å². The molecule has 0 bridgehead atoms. The number of pyridine rings is 1. The highest BCUT2D eigenvalue weighted by Crippen LogP contribution is 2.17. The summed E-state index contributed by atoms with van der Waals surface area (Å²) in [5.74, 6) is 0. The standard InChI is InChI=1S/C16H28N2/c1-3-4-5-6-7-8-9-10-15(17)16-13-14(2)11-12-18-16/h11-13,15H,3-10,17H2,1-2H3. The van der Waals surface area contributed by atoms with Crippen molar-refractivity contribution in [2.45, 2.75) is 71.3 Å². The predicted octanol–water partition coefficient (Wildman–Crippen LogP) is 4.53. The van der Waals surface area contributed by atoms with Crippen LogP contribution in [-0.4, -0.2) is 4.98 Å². The van der Waals surface area contributed by atoms with Crippen molar-refractivity contribution in [1.82, 2.24) is 4.98 Å². The van der Waals surface area contributed by atoms with Gasteiger partial charge in [0.05, 0.1) is 5.69 Å². The lowest BCUT2D eigenvalue weighted by atomic mass is 10.0. The van der Waals surface area contributed by atoms with Gasteiger partial charge in [0.25, 0.3) is 0 Å². The fraction of sp³-hybridized carbons (Fsp3) is 0.688. The van der Waals surface area contributed by atoms with Crippen LogP contribution < -0.4 is 5.73 Å². The van der Waals surface area contributed by atoms with Crippen LogP contribution in [0.5, 0.6) is 0 Å². The Morgan fingerprint density at radius 2 is 1.78 bits per heavy atom. The molecule has 18 heavy (non-hydrogen) atoms. The molecule has 1 heterocycles. The maximum Gasteiger partial charge on any atom is 0.0573 e. The third-order valence-corrected chi connectivity index (χ3v) is 3.44. The Balaban J connectivity index is 2.12. The van der Waals surface area contributed by atoms with Gasteiger partial charge in [0.2, 0.25) is 0 Å². The number of aryl methyl sites for hydroxylation is 1. The average molecular weight is 248 g/mol. The Labute approximate surface area is 112 Å². The average Bonchev–Trinajstić information content (AvgIpc) is 2.37. The molecule has 2 heteroatoms. The van der Waals surface area contributed by atoms with E-state index in [0.29, 0.717) is 0 Å². The van der Waals surface area contributed by atoms with Gasteiger partial charge in [-0.15, -0.1) is 0 Å². The molecule has 0 fully saturated rings. The van der Waals surface area contributed by atoms with Crippen LogP contribution >= 0.6 is 0 Å². The van der Waals surface area contributed by atoms with Crippen LogP contribution in [0.15, 0.2) is 18.3 Å². The molecule has 1 aromatic heterocycles. The first-order valence-electron chi connectivity index (χ1n) is 7.42.